The fourth-order valence-corrected chi connectivity index (χ4v) is 2.02. The van der Waals surface area contributed by atoms with Gasteiger partial charge in [-0.15, -0.1) is 0 Å². The number of morpholine rings is 1. The zero-order valence-corrected chi connectivity index (χ0v) is 11.7. The predicted octanol–water partition coefficient (Wildman–Crippen LogP) is 2.59. The Kier molecular flexibility index (Phi) is 5.38. The minimum absolute atomic E-state index is 0.123. The number of nitrogens with one attached hydrogen (secondary N) is 1. The average molecular weight is 272 g/mol. The van der Waals surface area contributed by atoms with Crippen LogP contribution in [-0.4, -0.2) is 32.2 Å². The molecule has 1 aliphatic rings. The van der Waals surface area contributed by atoms with Gasteiger partial charge in [-0.1, -0.05) is 18.2 Å². The van der Waals surface area contributed by atoms with E-state index >= 15 is 0 Å². The number of hydrogen-bond acceptors (Lipinski definition) is 3. The van der Waals surface area contributed by atoms with Crippen LogP contribution in [0.25, 0.3) is 0 Å². The zero-order valence-electron chi connectivity index (χ0n) is 11.7. The molecule has 0 bridgehead atoms. The van der Waals surface area contributed by atoms with Gasteiger partial charge in [-0.3, -0.25) is 4.79 Å². The number of ether oxygens (including phenoxy) is 1. The summed E-state index contributed by atoms with van der Waals surface area (Å²) in [4.78, 5) is 13.9. The van der Waals surface area contributed by atoms with Crippen molar-refractivity contribution in [3.05, 3.63) is 48.6 Å². The highest BCUT2D eigenvalue weighted by Crippen LogP contribution is 2.18. The molecule has 0 saturated carbocycles. The third-order valence-corrected chi connectivity index (χ3v) is 3.06. The molecule has 1 saturated heterocycles. The first-order chi connectivity index (χ1) is 9.79. The fraction of sp³-hybridized carbons (Fsp3) is 0.312. The van der Waals surface area contributed by atoms with E-state index in [0.717, 1.165) is 37.7 Å². The number of benzene rings is 1. The van der Waals surface area contributed by atoms with E-state index in [1.807, 2.05) is 43.3 Å². The van der Waals surface area contributed by atoms with E-state index in [2.05, 4.69) is 10.2 Å². The van der Waals surface area contributed by atoms with Gasteiger partial charge in [0.2, 0.25) is 5.91 Å². The number of nitrogens with zero attached hydrogens (tertiary/aromatic N) is 1. The van der Waals surface area contributed by atoms with E-state index in [1.54, 1.807) is 6.08 Å². The first-order valence-corrected chi connectivity index (χ1v) is 6.82. The highest BCUT2D eigenvalue weighted by atomic mass is 16.5. The molecule has 20 heavy (non-hydrogen) atoms. The first-order valence-electron chi connectivity index (χ1n) is 6.82. The van der Waals surface area contributed by atoms with Gasteiger partial charge in [0.15, 0.2) is 0 Å². The summed E-state index contributed by atoms with van der Waals surface area (Å²) < 4.78 is 5.33. The summed E-state index contributed by atoms with van der Waals surface area (Å²) in [6, 6.07) is 7.89. The van der Waals surface area contributed by atoms with Crippen LogP contribution >= 0.6 is 0 Å². The molecule has 1 fully saturated rings. The molecule has 1 heterocycles. The Bertz CT molecular complexity index is 486. The van der Waals surface area contributed by atoms with Gasteiger partial charge in [-0.2, -0.15) is 0 Å². The average Bonchev–Trinajstić information content (AvgIpc) is 2.49. The van der Waals surface area contributed by atoms with Gasteiger partial charge >= 0.3 is 0 Å². The molecule has 0 unspecified atom stereocenters. The molecule has 1 aromatic rings. The van der Waals surface area contributed by atoms with E-state index in [1.165, 1.54) is 6.08 Å². The molecule has 1 aromatic carbocycles. The van der Waals surface area contributed by atoms with Crippen LogP contribution in [0.15, 0.2) is 48.6 Å². The normalized spacial score (nSPS) is 15.9. The Morgan fingerprint density at radius 1 is 1.20 bits per heavy atom. The number of anilines is 2. The third-order valence-electron chi connectivity index (χ3n) is 3.06. The summed E-state index contributed by atoms with van der Waals surface area (Å²) in [5, 5.41) is 2.83. The molecular weight excluding hydrogens is 252 g/mol. The molecule has 0 aliphatic carbocycles. The standard InChI is InChI=1S/C16H20N2O2/c1-2-3-4-5-16(19)17-14-6-8-15(9-7-14)18-10-12-20-13-11-18/h2-9H,10-13H2,1H3,(H,17,19). The lowest BCUT2D eigenvalue weighted by molar-refractivity contribution is -0.111. The summed E-state index contributed by atoms with van der Waals surface area (Å²) in [5.74, 6) is -0.123. The molecule has 0 atom stereocenters. The molecule has 0 aromatic heterocycles. The smallest absolute Gasteiger partial charge is 0.248 e. The minimum atomic E-state index is -0.123. The molecule has 2 rings (SSSR count). The van der Waals surface area contributed by atoms with E-state index in [9.17, 15) is 4.79 Å². The van der Waals surface area contributed by atoms with Crippen molar-refractivity contribution in [3.63, 3.8) is 0 Å². The third kappa shape index (κ3) is 4.24. The maximum absolute atomic E-state index is 11.6. The molecule has 106 valence electrons. The van der Waals surface area contributed by atoms with Gasteiger partial charge in [-0.25, -0.2) is 0 Å². The van der Waals surface area contributed by atoms with Crippen LogP contribution in [0.4, 0.5) is 11.4 Å². The molecular formula is C16H20N2O2. The Balaban J connectivity index is 1.92. The monoisotopic (exact) mass is 272 g/mol. The van der Waals surface area contributed by atoms with Crippen molar-refractivity contribution in [2.75, 3.05) is 36.5 Å². The highest BCUT2D eigenvalue weighted by molar-refractivity contribution is 5.99. The van der Waals surface area contributed by atoms with E-state index in [0.29, 0.717) is 0 Å². The molecule has 0 radical (unpaired) electrons. The fourth-order valence-electron chi connectivity index (χ4n) is 2.02. The Labute approximate surface area is 119 Å². The van der Waals surface area contributed by atoms with Crippen LogP contribution in [0.5, 0.6) is 0 Å². The van der Waals surface area contributed by atoms with Crippen LogP contribution in [0, 0.1) is 0 Å². The quantitative estimate of drug-likeness (QED) is 0.676. The van der Waals surface area contributed by atoms with Gasteiger partial charge in [0.25, 0.3) is 0 Å². The summed E-state index contributed by atoms with van der Waals surface area (Å²) in [7, 11) is 0. The zero-order chi connectivity index (χ0) is 14.2. The molecule has 0 spiro atoms. The highest BCUT2D eigenvalue weighted by Gasteiger charge is 2.10. The predicted molar refractivity (Wildman–Crippen MR) is 82.1 cm³/mol. The van der Waals surface area contributed by atoms with Crippen LogP contribution in [0.2, 0.25) is 0 Å². The number of rotatable bonds is 4. The van der Waals surface area contributed by atoms with Gasteiger partial charge < -0.3 is 15.0 Å². The van der Waals surface area contributed by atoms with Gasteiger partial charge in [-0.05, 0) is 31.2 Å². The molecule has 4 heteroatoms. The lowest BCUT2D eigenvalue weighted by Crippen LogP contribution is -2.36. The van der Waals surface area contributed by atoms with Crippen molar-refractivity contribution in [2.24, 2.45) is 0 Å². The molecule has 4 nitrogen and oxygen atoms in total. The Morgan fingerprint density at radius 3 is 2.55 bits per heavy atom. The Hall–Kier alpha value is -2.07. The summed E-state index contributed by atoms with van der Waals surface area (Å²) in [5.41, 5.74) is 1.97. The Morgan fingerprint density at radius 2 is 1.90 bits per heavy atom. The largest absolute Gasteiger partial charge is 0.378 e. The van der Waals surface area contributed by atoms with E-state index in [-0.39, 0.29) is 5.91 Å². The summed E-state index contributed by atoms with van der Waals surface area (Å²) in [6.07, 6.45) is 6.93. The summed E-state index contributed by atoms with van der Waals surface area (Å²) in [6.45, 7) is 5.28. The lowest BCUT2D eigenvalue weighted by Gasteiger charge is -2.28. The van der Waals surface area contributed by atoms with Crippen LogP contribution in [0.3, 0.4) is 0 Å². The maximum atomic E-state index is 11.6. The van der Waals surface area contributed by atoms with Crippen LogP contribution in [0.1, 0.15) is 6.92 Å². The maximum Gasteiger partial charge on any atom is 0.248 e. The SMILES string of the molecule is CC=CC=CC(=O)Nc1ccc(N2CCOCC2)cc1. The van der Waals surface area contributed by atoms with E-state index in [4.69, 9.17) is 4.74 Å². The van der Waals surface area contributed by atoms with Crippen LogP contribution < -0.4 is 10.2 Å². The first kappa shape index (κ1) is 14.3. The van der Waals surface area contributed by atoms with Gasteiger partial charge in [0.1, 0.15) is 0 Å². The molecule has 1 aliphatic heterocycles. The van der Waals surface area contributed by atoms with Crippen molar-refractivity contribution < 1.29 is 9.53 Å². The minimum Gasteiger partial charge on any atom is -0.378 e. The second-order valence-electron chi connectivity index (χ2n) is 4.52. The lowest BCUT2D eigenvalue weighted by atomic mass is 10.2. The van der Waals surface area contributed by atoms with E-state index < -0.39 is 0 Å². The van der Waals surface area contributed by atoms with Crippen molar-refractivity contribution in [1.29, 1.82) is 0 Å². The number of allylic oxidation sites excluding steroid dienone is 3. The van der Waals surface area contributed by atoms with Crippen LogP contribution in [-0.2, 0) is 9.53 Å². The van der Waals surface area contributed by atoms with Crippen molar-refractivity contribution in [3.8, 4) is 0 Å². The van der Waals surface area contributed by atoms with Gasteiger partial charge in [0.05, 0.1) is 13.2 Å². The second kappa shape index (κ2) is 7.50. The topological polar surface area (TPSA) is 41.6 Å². The number of amides is 1. The van der Waals surface area contributed by atoms with Crippen molar-refractivity contribution >= 4 is 17.3 Å². The van der Waals surface area contributed by atoms with Crippen molar-refractivity contribution in [2.45, 2.75) is 6.92 Å². The van der Waals surface area contributed by atoms with Gasteiger partial charge in [0, 0.05) is 30.5 Å². The van der Waals surface area contributed by atoms with Crippen molar-refractivity contribution in [1.82, 2.24) is 0 Å². The molecule has 1 amide bonds. The number of carbonyl (C=O) groups excluding carboxylic acids is 1. The molecule has 1 N–H and O–H groups in total. The number of carbonyl (C=O) groups is 1. The second-order valence-corrected chi connectivity index (χ2v) is 4.52. The summed E-state index contributed by atoms with van der Waals surface area (Å²) >= 11 is 0. The number of hydrogen-bond donors (Lipinski definition) is 1.